The molecule has 0 radical (unpaired) electrons. The molecule has 2 heterocycles. The van der Waals surface area contributed by atoms with Gasteiger partial charge >= 0.3 is 0 Å². The van der Waals surface area contributed by atoms with Gasteiger partial charge in [-0.1, -0.05) is 60.7 Å². The molecule has 0 spiro atoms. The lowest BCUT2D eigenvalue weighted by molar-refractivity contribution is -0.123. The van der Waals surface area contributed by atoms with Gasteiger partial charge in [0.1, 0.15) is 0 Å². The Labute approximate surface area is 164 Å². The van der Waals surface area contributed by atoms with Gasteiger partial charge in [0.25, 0.3) is 0 Å². The summed E-state index contributed by atoms with van der Waals surface area (Å²) < 4.78 is 1.91. The third kappa shape index (κ3) is 4.30. The Balaban J connectivity index is 1.53. The van der Waals surface area contributed by atoms with Crippen molar-refractivity contribution in [1.82, 2.24) is 20.4 Å². The Morgan fingerprint density at radius 1 is 1.14 bits per heavy atom. The number of hydrogen-bond acceptors (Lipinski definition) is 4. The second-order valence-electron chi connectivity index (χ2n) is 7.12. The molecule has 4 rings (SSSR count). The monoisotopic (exact) mass is 376 g/mol. The number of carbonyl (C=O) groups is 1. The zero-order valence-electron chi connectivity index (χ0n) is 15.6. The fourth-order valence-corrected chi connectivity index (χ4v) is 3.50. The minimum absolute atomic E-state index is 0.0913. The first-order valence-electron chi connectivity index (χ1n) is 9.54. The van der Waals surface area contributed by atoms with Crippen LogP contribution in [0.5, 0.6) is 0 Å². The Hall–Kier alpha value is -2.96. The molecule has 0 bridgehead atoms. The molecule has 0 aliphatic carbocycles. The van der Waals surface area contributed by atoms with E-state index in [-0.39, 0.29) is 11.9 Å². The molecule has 6 nitrogen and oxygen atoms in total. The highest BCUT2D eigenvalue weighted by Gasteiger charge is 2.28. The maximum Gasteiger partial charge on any atom is 0.237 e. The first-order chi connectivity index (χ1) is 13.7. The first-order valence-corrected chi connectivity index (χ1v) is 9.54. The molecule has 6 heteroatoms. The smallest absolute Gasteiger partial charge is 0.237 e. The number of aliphatic hydroxyl groups excluding tert-OH is 1. The number of carbonyl (C=O) groups excluding carboxylic acids is 1. The van der Waals surface area contributed by atoms with Crippen molar-refractivity contribution < 1.29 is 9.90 Å². The van der Waals surface area contributed by atoms with E-state index in [2.05, 4.69) is 22.8 Å². The van der Waals surface area contributed by atoms with Crippen LogP contribution < -0.4 is 10.6 Å². The lowest BCUT2D eigenvalue weighted by Crippen LogP contribution is -2.40. The Morgan fingerprint density at radius 2 is 1.86 bits per heavy atom. The minimum atomic E-state index is -0.454. The normalized spacial score (nSPS) is 18.9. The summed E-state index contributed by atoms with van der Waals surface area (Å²) in [6, 6.07) is 19.8. The second-order valence-corrected chi connectivity index (χ2v) is 7.12. The lowest BCUT2D eigenvalue weighted by Gasteiger charge is -2.11. The zero-order valence-corrected chi connectivity index (χ0v) is 15.6. The van der Waals surface area contributed by atoms with Crippen LogP contribution in [0.3, 0.4) is 0 Å². The van der Waals surface area contributed by atoms with Crippen molar-refractivity contribution in [3.05, 3.63) is 78.0 Å². The third-order valence-corrected chi connectivity index (χ3v) is 4.95. The van der Waals surface area contributed by atoms with Crippen molar-refractivity contribution in [2.75, 3.05) is 6.54 Å². The van der Waals surface area contributed by atoms with Gasteiger partial charge in [0.2, 0.25) is 5.91 Å². The summed E-state index contributed by atoms with van der Waals surface area (Å²) in [6.45, 7) is 1.53. The molecular weight excluding hydrogens is 352 g/mol. The summed E-state index contributed by atoms with van der Waals surface area (Å²) in [7, 11) is 0. The van der Waals surface area contributed by atoms with Gasteiger partial charge in [-0.3, -0.25) is 9.48 Å². The van der Waals surface area contributed by atoms with Crippen molar-refractivity contribution in [1.29, 1.82) is 0 Å². The second kappa shape index (κ2) is 8.37. The molecule has 3 N–H and O–H groups in total. The van der Waals surface area contributed by atoms with Gasteiger partial charge in [0.15, 0.2) is 0 Å². The number of hydrogen-bond donors (Lipinski definition) is 3. The van der Waals surface area contributed by atoms with Crippen LogP contribution in [-0.4, -0.2) is 39.5 Å². The largest absolute Gasteiger partial charge is 0.392 e. The van der Waals surface area contributed by atoms with Gasteiger partial charge < -0.3 is 15.7 Å². The number of aliphatic hydroxyl groups is 1. The summed E-state index contributed by atoms with van der Waals surface area (Å²) in [5, 5.41) is 20.4. The van der Waals surface area contributed by atoms with Gasteiger partial charge in [-0.2, -0.15) is 5.10 Å². The standard InChI is InChI=1S/C22H24N4O2/c27-19-11-20(23-13-19)22(28)24-12-18-15-26(14-16-7-3-1-4-8-16)25-21(18)17-9-5-2-6-10-17/h1-10,15,19-20,23,27H,11-14H2,(H,24,28). The maximum atomic E-state index is 12.4. The van der Waals surface area contributed by atoms with Crippen LogP contribution in [0.1, 0.15) is 17.5 Å². The van der Waals surface area contributed by atoms with Crippen LogP contribution in [0.2, 0.25) is 0 Å². The molecular formula is C22H24N4O2. The molecule has 144 valence electrons. The van der Waals surface area contributed by atoms with Crippen molar-refractivity contribution in [3.63, 3.8) is 0 Å². The predicted molar refractivity (Wildman–Crippen MR) is 107 cm³/mol. The first kappa shape index (κ1) is 18.4. The van der Waals surface area contributed by atoms with Crippen LogP contribution in [0.4, 0.5) is 0 Å². The van der Waals surface area contributed by atoms with E-state index < -0.39 is 6.10 Å². The number of aromatic nitrogens is 2. The van der Waals surface area contributed by atoms with E-state index in [0.717, 1.165) is 16.8 Å². The molecule has 1 aliphatic heterocycles. The van der Waals surface area contributed by atoms with Crippen LogP contribution in [0.15, 0.2) is 66.9 Å². The minimum Gasteiger partial charge on any atom is -0.392 e. The summed E-state index contributed by atoms with van der Waals surface area (Å²) in [5.74, 6) is -0.0913. The number of nitrogens with zero attached hydrogens (tertiary/aromatic N) is 2. The van der Waals surface area contributed by atoms with E-state index in [1.54, 1.807) is 0 Å². The number of β-amino-alcohol motifs (C(OH)–C–C–N with tert-alkyl or cyclic N) is 1. The van der Waals surface area contributed by atoms with Gasteiger partial charge in [-0.05, 0) is 12.0 Å². The molecule has 1 aromatic heterocycles. The summed E-state index contributed by atoms with van der Waals surface area (Å²) in [5.41, 5.74) is 4.03. The third-order valence-electron chi connectivity index (χ3n) is 4.95. The van der Waals surface area contributed by atoms with E-state index in [0.29, 0.717) is 26.1 Å². The van der Waals surface area contributed by atoms with E-state index in [4.69, 9.17) is 5.10 Å². The highest BCUT2D eigenvalue weighted by molar-refractivity contribution is 5.82. The summed E-state index contributed by atoms with van der Waals surface area (Å²) >= 11 is 0. The van der Waals surface area contributed by atoms with Gasteiger partial charge in [-0.25, -0.2) is 0 Å². The number of rotatable bonds is 6. The van der Waals surface area contributed by atoms with Gasteiger partial charge in [-0.15, -0.1) is 0 Å². The molecule has 0 saturated carbocycles. The van der Waals surface area contributed by atoms with Crippen LogP contribution >= 0.6 is 0 Å². The molecule has 1 fully saturated rings. The topological polar surface area (TPSA) is 79.2 Å². The lowest BCUT2D eigenvalue weighted by atomic mass is 10.1. The number of benzene rings is 2. The highest BCUT2D eigenvalue weighted by Crippen LogP contribution is 2.22. The van der Waals surface area contributed by atoms with Crippen molar-refractivity contribution in [3.8, 4) is 11.3 Å². The Kier molecular flexibility index (Phi) is 5.50. The van der Waals surface area contributed by atoms with Crippen LogP contribution in [0, 0.1) is 0 Å². The molecule has 1 saturated heterocycles. The molecule has 2 atom stereocenters. The fraction of sp³-hybridized carbons (Fsp3) is 0.273. The van der Waals surface area contributed by atoms with Crippen LogP contribution in [-0.2, 0) is 17.9 Å². The average Bonchev–Trinajstić information content (AvgIpc) is 3.34. The van der Waals surface area contributed by atoms with Crippen LogP contribution in [0.25, 0.3) is 11.3 Å². The predicted octanol–water partition coefficient (Wildman–Crippen LogP) is 1.94. The molecule has 1 aliphatic rings. The number of amides is 1. The molecule has 1 amide bonds. The quantitative estimate of drug-likeness (QED) is 0.614. The molecule has 2 aromatic carbocycles. The Bertz CT molecular complexity index is 924. The maximum absolute atomic E-state index is 12.4. The van der Waals surface area contributed by atoms with Crippen molar-refractivity contribution in [2.45, 2.75) is 31.7 Å². The SMILES string of the molecule is O=C(NCc1cn(Cc2ccccc2)nc1-c1ccccc1)C1CC(O)CN1. The average molecular weight is 376 g/mol. The van der Waals surface area contributed by atoms with Crippen molar-refractivity contribution in [2.24, 2.45) is 0 Å². The van der Waals surface area contributed by atoms with E-state index in [1.165, 1.54) is 5.56 Å². The summed E-state index contributed by atoms with van der Waals surface area (Å²) in [6.07, 6.45) is 1.99. The van der Waals surface area contributed by atoms with Gasteiger partial charge in [0.05, 0.1) is 24.4 Å². The molecule has 28 heavy (non-hydrogen) atoms. The Morgan fingerprint density at radius 3 is 2.54 bits per heavy atom. The zero-order chi connectivity index (χ0) is 19.3. The van der Waals surface area contributed by atoms with Crippen molar-refractivity contribution >= 4 is 5.91 Å². The fourth-order valence-electron chi connectivity index (χ4n) is 3.50. The highest BCUT2D eigenvalue weighted by atomic mass is 16.3. The molecule has 3 aromatic rings. The van der Waals surface area contributed by atoms with E-state index in [1.807, 2.05) is 59.4 Å². The number of nitrogens with one attached hydrogen (secondary N) is 2. The van der Waals surface area contributed by atoms with E-state index >= 15 is 0 Å². The van der Waals surface area contributed by atoms with E-state index in [9.17, 15) is 9.90 Å². The molecule has 2 unspecified atom stereocenters. The van der Waals surface area contributed by atoms with Gasteiger partial charge in [0, 0.05) is 30.4 Å². The summed E-state index contributed by atoms with van der Waals surface area (Å²) in [4.78, 5) is 12.4.